The smallest absolute Gasteiger partial charge is 0.275 e. The maximum absolute atomic E-state index is 13.0. The fourth-order valence-corrected chi connectivity index (χ4v) is 1.50. The van der Waals surface area contributed by atoms with Crippen LogP contribution in [-0.4, -0.2) is 4.92 Å². The highest BCUT2D eigenvalue weighted by Crippen LogP contribution is 2.29. The van der Waals surface area contributed by atoms with Crippen LogP contribution in [0.3, 0.4) is 0 Å². The van der Waals surface area contributed by atoms with E-state index in [1.165, 1.54) is 42.5 Å². The summed E-state index contributed by atoms with van der Waals surface area (Å²) in [5.74, 6) is 5.19. The third-order valence-electron chi connectivity index (χ3n) is 2.30. The van der Waals surface area contributed by atoms with Gasteiger partial charge in [0.2, 0.25) is 0 Å². The van der Waals surface area contributed by atoms with Gasteiger partial charge in [0.15, 0.2) is 0 Å². The molecule has 0 radical (unpaired) electrons. The molecule has 98 valence electrons. The van der Waals surface area contributed by atoms with Gasteiger partial charge in [0.1, 0.15) is 17.3 Å². The van der Waals surface area contributed by atoms with Gasteiger partial charge in [-0.2, -0.15) is 0 Å². The summed E-state index contributed by atoms with van der Waals surface area (Å²) in [6.07, 6.45) is 0. The molecule has 0 aliphatic carbocycles. The summed E-state index contributed by atoms with van der Waals surface area (Å²) >= 11 is 0. The third kappa shape index (κ3) is 3.17. The van der Waals surface area contributed by atoms with E-state index in [1.807, 2.05) is 0 Å². The first kappa shape index (κ1) is 12.8. The predicted octanol–water partition coefficient (Wildman–Crippen LogP) is 2.81. The van der Waals surface area contributed by atoms with Gasteiger partial charge in [-0.25, -0.2) is 4.39 Å². The average molecular weight is 263 g/mol. The molecule has 2 rings (SSSR count). The number of halogens is 1. The molecule has 6 nitrogen and oxygen atoms in total. The van der Waals surface area contributed by atoms with Gasteiger partial charge in [-0.15, -0.1) is 0 Å². The van der Waals surface area contributed by atoms with E-state index >= 15 is 0 Å². The van der Waals surface area contributed by atoms with Crippen LogP contribution in [0.1, 0.15) is 0 Å². The maximum Gasteiger partial charge on any atom is 0.275 e. The van der Waals surface area contributed by atoms with Gasteiger partial charge in [-0.1, -0.05) is 6.07 Å². The fourth-order valence-electron chi connectivity index (χ4n) is 1.50. The number of nitrogens with zero attached hydrogens (tertiary/aromatic N) is 1. The topological polar surface area (TPSA) is 90.4 Å². The molecule has 0 bridgehead atoms. The van der Waals surface area contributed by atoms with Crippen molar-refractivity contribution in [3.8, 4) is 11.5 Å². The summed E-state index contributed by atoms with van der Waals surface area (Å²) in [6, 6.07) is 9.42. The van der Waals surface area contributed by atoms with Crippen molar-refractivity contribution < 1.29 is 14.1 Å². The zero-order valence-electron chi connectivity index (χ0n) is 9.67. The molecule has 3 N–H and O–H groups in total. The first-order valence-corrected chi connectivity index (χ1v) is 5.28. The lowest BCUT2D eigenvalue weighted by atomic mass is 10.2. The van der Waals surface area contributed by atoms with E-state index in [4.69, 9.17) is 10.6 Å². The second-order valence-electron chi connectivity index (χ2n) is 3.68. The fraction of sp³-hybridized carbons (Fsp3) is 0. The van der Waals surface area contributed by atoms with Crippen LogP contribution in [0.25, 0.3) is 0 Å². The molecule has 0 aliphatic heterocycles. The van der Waals surface area contributed by atoms with Crippen LogP contribution in [0.2, 0.25) is 0 Å². The molecule has 0 aliphatic rings. The Labute approximate surface area is 107 Å². The van der Waals surface area contributed by atoms with Crippen molar-refractivity contribution in [1.82, 2.24) is 0 Å². The highest BCUT2D eigenvalue weighted by Gasteiger charge is 2.11. The highest BCUT2D eigenvalue weighted by atomic mass is 19.1. The van der Waals surface area contributed by atoms with Crippen LogP contribution < -0.4 is 16.0 Å². The number of benzene rings is 2. The van der Waals surface area contributed by atoms with Crippen LogP contribution in [0.4, 0.5) is 15.8 Å². The number of hydrogen-bond acceptors (Lipinski definition) is 5. The highest BCUT2D eigenvalue weighted by molar-refractivity contribution is 5.56. The molecule has 2 aromatic carbocycles. The Bertz CT molecular complexity index is 619. The van der Waals surface area contributed by atoms with E-state index < -0.39 is 10.7 Å². The van der Waals surface area contributed by atoms with Gasteiger partial charge < -0.3 is 10.2 Å². The van der Waals surface area contributed by atoms with Crippen molar-refractivity contribution in [3.05, 3.63) is 58.4 Å². The largest absolute Gasteiger partial charge is 0.457 e. The lowest BCUT2D eigenvalue weighted by Crippen LogP contribution is -2.07. The second-order valence-corrected chi connectivity index (χ2v) is 3.68. The van der Waals surface area contributed by atoms with Gasteiger partial charge in [-0.3, -0.25) is 16.0 Å². The lowest BCUT2D eigenvalue weighted by molar-refractivity contribution is -0.384. The second kappa shape index (κ2) is 5.32. The first-order chi connectivity index (χ1) is 9.08. The minimum atomic E-state index is -0.570. The van der Waals surface area contributed by atoms with E-state index in [0.29, 0.717) is 5.69 Å². The van der Waals surface area contributed by atoms with Crippen molar-refractivity contribution in [2.24, 2.45) is 5.84 Å². The minimum absolute atomic E-state index is 0.179. The third-order valence-corrected chi connectivity index (χ3v) is 2.30. The molecule has 0 heterocycles. The van der Waals surface area contributed by atoms with E-state index in [-0.39, 0.29) is 17.2 Å². The summed E-state index contributed by atoms with van der Waals surface area (Å²) in [5, 5.41) is 10.7. The number of anilines is 1. The van der Waals surface area contributed by atoms with Crippen LogP contribution in [-0.2, 0) is 0 Å². The van der Waals surface area contributed by atoms with Crippen LogP contribution in [0.15, 0.2) is 42.5 Å². The number of nitrogens with two attached hydrogens (primary N) is 1. The molecule has 0 unspecified atom stereocenters. The summed E-state index contributed by atoms with van der Waals surface area (Å²) < 4.78 is 18.4. The molecular formula is C12H10FN3O3. The number of nitro benzene ring substituents is 1. The Hall–Kier alpha value is -2.67. The Kier molecular flexibility index (Phi) is 3.58. The molecule has 2 aromatic rings. The van der Waals surface area contributed by atoms with Gasteiger partial charge in [-0.05, 0) is 12.1 Å². The number of nitro groups is 1. The molecule has 0 saturated carbocycles. The number of hydrogen-bond donors (Lipinski definition) is 2. The lowest BCUT2D eigenvalue weighted by Gasteiger charge is -2.07. The Morgan fingerprint density at radius 1 is 1.21 bits per heavy atom. The number of hydrazine groups is 1. The molecule has 0 spiro atoms. The first-order valence-electron chi connectivity index (χ1n) is 5.28. The van der Waals surface area contributed by atoms with Crippen molar-refractivity contribution >= 4 is 11.4 Å². The predicted molar refractivity (Wildman–Crippen MR) is 67.4 cm³/mol. The summed E-state index contributed by atoms with van der Waals surface area (Å²) in [6.45, 7) is 0. The molecular weight excluding hydrogens is 253 g/mol. The van der Waals surface area contributed by atoms with Gasteiger partial charge in [0.25, 0.3) is 5.69 Å². The SMILES string of the molecule is NNc1cc(Oc2cccc(F)c2)cc([N+](=O)[O-])c1. The number of nitrogen functional groups attached to an aromatic ring is 1. The van der Waals surface area contributed by atoms with Crippen molar-refractivity contribution in [1.29, 1.82) is 0 Å². The molecule has 0 saturated heterocycles. The molecule has 0 atom stereocenters. The molecule has 0 fully saturated rings. The van der Waals surface area contributed by atoms with Gasteiger partial charge >= 0.3 is 0 Å². The van der Waals surface area contributed by atoms with Gasteiger partial charge in [0.05, 0.1) is 16.7 Å². The Balaban J connectivity index is 2.34. The number of nitrogens with one attached hydrogen (secondary N) is 1. The average Bonchev–Trinajstić information content (AvgIpc) is 2.38. The number of rotatable bonds is 4. The Morgan fingerprint density at radius 3 is 2.63 bits per heavy atom. The zero-order valence-corrected chi connectivity index (χ0v) is 9.67. The molecule has 19 heavy (non-hydrogen) atoms. The standard InChI is InChI=1S/C12H10FN3O3/c13-8-2-1-3-11(4-8)19-12-6-9(15-14)5-10(7-12)16(17)18/h1-7,15H,14H2. The summed E-state index contributed by atoms with van der Waals surface area (Å²) in [5.41, 5.74) is 2.44. The van der Waals surface area contributed by atoms with Crippen LogP contribution in [0.5, 0.6) is 11.5 Å². The summed E-state index contributed by atoms with van der Waals surface area (Å²) in [4.78, 5) is 10.2. The molecule has 0 aromatic heterocycles. The van der Waals surface area contributed by atoms with Crippen LogP contribution in [0, 0.1) is 15.9 Å². The maximum atomic E-state index is 13.0. The van der Waals surface area contributed by atoms with E-state index in [2.05, 4.69) is 5.43 Å². The summed E-state index contributed by atoms with van der Waals surface area (Å²) in [7, 11) is 0. The van der Waals surface area contributed by atoms with E-state index in [9.17, 15) is 14.5 Å². The zero-order chi connectivity index (χ0) is 13.8. The number of ether oxygens (including phenoxy) is 1. The monoisotopic (exact) mass is 263 g/mol. The van der Waals surface area contributed by atoms with E-state index in [0.717, 1.165) is 0 Å². The van der Waals surface area contributed by atoms with Crippen molar-refractivity contribution in [2.75, 3.05) is 5.43 Å². The van der Waals surface area contributed by atoms with Crippen LogP contribution >= 0.6 is 0 Å². The molecule has 0 amide bonds. The molecule has 7 heteroatoms. The Morgan fingerprint density at radius 2 is 2.00 bits per heavy atom. The number of non-ortho nitro benzene ring substituents is 1. The normalized spacial score (nSPS) is 10.0. The van der Waals surface area contributed by atoms with Crippen molar-refractivity contribution in [2.45, 2.75) is 0 Å². The minimum Gasteiger partial charge on any atom is -0.457 e. The quantitative estimate of drug-likeness (QED) is 0.503. The van der Waals surface area contributed by atoms with E-state index in [1.54, 1.807) is 0 Å². The van der Waals surface area contributed by atoms with Gasteiger partial charge in [0, 0.05) is 18.2 Å². The van der Waals surface area contributed by atoms with Crippen molar-refractivity contribution in [3.63, 3.8) is 0 Å².